The Morgan fingerprint density at radius 3 is 2.61 bits per heavy atom. The summed E-state index contributed by atoms with van der Waals surface area (Å²) in [6, 6.07) is 7.02. The molecule has 0 aliphatic rings. The van der Waals surface area contributed by atoms with E-state index in [0.29, 0.717) is 16.8 Å². The molecule has 1 aromatic carbocycles. The number of hydrogen-bond donors (Lipinski definition) is 2. The molecule has 3 N–H and O–H groups in total. The van der Waals surface area contributed by atoms with Gasteiger partial charge in [-0.25, -0.2) is 9.97 Å². The molecule has 2 aromatic rings. The molecular formula is C12H10N4OS. The summed E-state index contributed by atoms with van der Waals surface area (Å²) in [6.07, 6.45) is 4.25. The topological polar surface area (TPSA) is 80.9 Å². The first-order valence-electron chi connectivity index (χ1n) is 5.13. The maximum Gasteiger partial charge on any atom is 0.258 e. The number of benzene rings is 1. The molecule has 0 fully saturated rings. The molecule has 0 unspecified atom stereocenters. The predicted octanol–water partition coefficient (Wildman–Crippen LogP) is 1.36. The molecule has 0 spiro atoms. The molecule has 2 rings (SSSR count). The van der Waals surface area contributed by atoms with E-state index in [4.69, 9.17) is 18.0 Å². The second kappa shape index (κ2) is 5.33. The van der Waals surface area contributed by atoms with Crippen LogP contribution in [0, 0.1) is 0 Å². The largest absolute Gasteiger partial charge is 0.389 e. The van der Waals surface area contributed by atoms with Crippen molar-refractivity contribution < 1.29 is 4.79 Å². The fraction of sp³-hybridized carbons (Fsp3) is 0. The highest BCUT2D eigenvalue weighted by Crippen LogP contribution is 2.11. The van der Waals surface area contributed by atoms with Crippen LogP contribution in [0.3, 0.4) is 0 Å². The number of rotatable bonds is 3. The number of carbonyl (C=O) groups excluding carboxylic acids is 1. The van der Waals surface area contributed by atoms with Gasteiger partial charge in [-0.2, -0.15) is 0 Å². The second-order valence-electron chi connectivity index (χ2n) is 3.53. The lowest BCUT2D eigenvalue weighted by Gasteiger charge is -2.06. The summed E-state index contributed by atoms with van der Waals surface area (Å²) in [4.78, 5) is 19.7. The maximum atomic E-state index is 11.8. The molecule has 0 saturated carbocycles. The molecule has 90 valence electrons. The van der Waals surface area contributed by atoms with Crippen LogP contribution in [0.25, 0.3) is 0 Å². The first kappa shape index (κ1) is 12.1. The van der Waals surface area contributed by atoms with E-state index in [-0.39, 0.29) is 10.9 Å². The van der Waals surface area contributed by atoms with E-state index in [1.807, 2.05) is 0 Å². The van der Waals surface area contributed by atoms with Crippen molar-refractivity contribution in [2.75, 3.05) is 5.32 Å². The molecule has 0 radical (unpaired) electrons. The van der Waals surface area contributed by atoms with Gasteiger partial charge in [-0.15, -0.1) is 0 Å². The Bertz CT molecular complexity index is 586. The molecule has 0 atom stereocenters. The average molecular weight is 258 g/mol. The van der Waals surface area contributed by atoms with E-state index in [9.17, 15) is 4.79 Å². The molecule has 1 heterocycles. The third-order valence-corrected chi connectivity index (χ3v) is 2.46. The van der Waals surface area contributed by atoms with Crippen LogP contribution in [0.4, 0.5) is 5.69 Å². The van der Waals surface area contributed by atoms with Crippen LogP contribution in [0.2, 0.25) is 0 Å². The Morgan fingerprint density at radius 2 is 1.94 bits per heavy atom. The zero-order valence-electron chi connectivity index (χ0n) is 9.33. The van der Waals surface area contributed by atoms with Crippen molar-refractivity contribution in [3.63, 3.8) is 0 Å². The molecule has 1 aromatic heterocycles. The minimum atomic E-state index is -0.282. The molecule has 0 aliphatic carbocycles. The summed E-state index contributed by atoms with van der Waals surface area (Å²) in [5.74, 6) is -0.282. The van der Waals surface area contributed by atoms with Gasteiger partial charge in [0, 0.05) is 23.6 Å². The quantitative estimate of drug-likeness (QED) is 0.812. The van der Waals surface area contributed by atoms with Gasteiger partial charge in [0.1, 0.15) is 11.3 Å². The Balaban J connectivity index is 2.17. The first-order valence-corrected chi connectivity index (χ1v) is 5.54. The number of thiocarbonyl (C=S) groups is 1. The van der Waals surface area contributed by atoms with Crippen molar-refractivity contribution in [2.24, 2.45) is 5.73 Å². The summed E-state index contributed by atoms with van der Waals surface area (Å²) in [6.45, 7) is 0. The number of nitrogens with zero attached hydrogens (tertiary/aromatic N) is 2. The smallest absolute Gasteiger partial charge is 0.258 e. The van der Waals surface area contributed by atoms with Crippen LogP contribution in [0.5, 0.6) is 0 Å². The summed E-state index contributed by atoms with van der Waals surface area (Å²) >= 11 is 4.87. The van der Waals surface area contributed by atoms with Crippen LogP contribution >= 0.6 is 12.2 Å². The standard InChI is InChI=1S/C12H10N4OS/c13-11(18)8-2-1-3-10(4-8)16-12(17)9-5-14-7-15-6-9/h1-7H,(H2,13,18)(H,16,17). The molecule has 0 saturated heterocycles. The maximum absolute atomic E-state index is 11.8. The predicted molar refractivity (Wildman–Crippen MR) is 72.3 cm³/mol. The van der Waals surface area contributed by atoms with Gasteiger partial charge in [-0.1, -0.05) is 24.4 Å². The van der Waals surface area contributed by atoms with E-state index in [0.717, 1.165) is 0 Å². The van der Waals surface area contributed by atoms with Crippen molar-refractivity contribution >= 4 is 28.8 Å². The Hall–Kier alpha value is -2.34. The summed E-state index contributed by atoms with van der Waals surface area (Å²) in [5, 5.41) is 2.72. The average Bonchev–Trinajstić information content (AvgIpc) is 2.40. The lowest BCUT2D eigenvalue weighted by molar-refractivity contribution is 0.102. The molecule has 0 aliphatic heterocycles. The third-order valence-electron chi connectivity index (χ3n) is 2.23. The van der Waals surface area contributed by atoms with Crippen LogP contribution in [-0.2, 0) is 0 Å². The first-order chi connectivity index (χ1) is 8.66. The minimum Gasteiger partial charge on any atom is -0.389 e. The molecular weight excluding hydrogens is 248 g/mol. The Kier molecular flexibility index (Phi) is 3.59. The number of anilines is 1. The number of nitrogens with one attached hydrogen (secondary N) is 1. The van der Waals surface area contributed by atoms with Crippen molar-refractivity contribution in [3.05, 3.63) is 54.1 Å². The highest BCUT2D eigenvalue weighted by Gasteiger charge is 2.06. The molecule has 1 amide bonds. The van der Waals surface area contributed by atoms with Crippen molar-refractivity contribution in [1.29, 1.82) is 0 Å². The summed E-state index contributed by atoms with van der Waals surface area (Å²) < 4.78 is 0. The van der Waals surface area contributed by atoms with Crippen molar-refractivity contribution in [2.45, 2.75) is 0 Å². The van der Waals surface area contributed by atoms with E-state index in [2.05, 4.69) is 15.3 Å². The SMILES string of the molecule is NC(=S)c1cccc(NC(=O)c2cncnc2)c1. The summed E-state index contributed by atoms with van der Waals surface area (Å²) in [5.41, 5.74) is 7.23. The molecule has 18 heavy (non-hydrogen) atoms. The monoisotopic (exact) mass is 258 g/mol. The van der Waals surface area contributed by atoms with Gasteiger partial charge in [0.25, 0.3) is 5.91 Å². The van der Waals surface area contributed by atoms with Crippen LogP contribution in [0.15, 0.2) is 43.0 Å². The zero-order chi connectivity index (χ0) is 13.0. The van der Waals surface area contributed by atoms with E-state index in [1.54, 1.807) is 24.3 Å². The van der Waals surface area contributed by atoms with Gasteiger partial charge in [0.15, 0.2) is 0 Å². The van der Waals surface area contributed by atoms with E-state index >= 15 is 0 Å². The van der Waals surface area contributed by atoms with Gasteiger partial charge in [-0.05, 0) is 12.1 Å². The molecule has 5 nitrogen and oxygen atoms in total. The zero-order valence-corrected chi connectivity index (χ0v) is 10.1. The molecule has 0 bridgehead atoms. The van der Waals surface area contributed by atoms with Crippen LogP contribution in [0.1, 0.15) is 15.9 Å². The number of hydrogen-bond acceptors (Lipinski definition) is 4. The fourth-order valence-corrected chi connectivity index (χ4v) is 1.50. The van der Waals surface area contributed by atoms with Crippen LogP contribution < -0.4 is 11.1 Å². The number of nitrogens with two attached hydrogens (primary N) is 1. The van der Waals surface area contributed by atoms with Crippen LogP contribution in [-0.4, -0.2) is 20.9 Å². The highest BCUT2D eigenvalue weighted by atomic mass is 32.1. The van der Waals surface area contributed by atoms with Gasteiger partial charge in [-0.3, -0.25) is 4.79 Å². The summed E-state index contributed by atoms with van der Waals surface area (Å²) in [7, 11) is 0. The van der Waals surface area contributed by atoms with Gasteiger partial charge < -0.3 is 11.1 Å². The number of amides is 1. The number of aromatic nitrogens is 2. The molecule has 6 heteroatoms. The van der Waals surface area contributed by atoms with Gasteiger partial charge in [0.2, 0.25) is 0 Å². The Labute approximate surface area is 109 Å². The van der Waals surface area contributed by atoms with E-state index < -0.39 is 0 Å². The van der Waals surface area contributed by atoms with E-state index in [1.165, 1.54) is 18.7 Å². The number of carbonyl (C=O) groups is 1. The highest BCUT2D eigenvalue weighted by molar-refractivity contribution is 7.80. The lowest BCUT2D eigenvalue weighted by atomic mass is 10.2. The van der Waals surface area contributed by atoms with Crippen molar-refractivity contribution in [3.8, 4) is 0 Å². The third kappa shape index (κ3) is 2.86. The van der Waals surface area contributed by atoms with Gasteiger partial charge in [0.05, 0.1) is 5.56 Å². The Morgan fingerprint density at radius 1 is 1.22 bits per heavy atom. The fourth-order valence-electron chi connectivity index (χ4n) is 1.37. The van der Waals surface area contributed by atoms with Gasteiger partial charge >= 0.3 is 0 Å². The van der Waals surface area contributed by atoms with Crippen molar-refractivity contribution in [1.82, 2.24) is 9.97 Å². The lowest BCUT2D eigenvalue weighted by Crippen LogP contribution is -2.14. The normalized spacial score (nSPS) is 9.78. The second-order valence-corrected chi connectivity index (χ2v) is 3.97. The minimum absolute atomic E-state index is 0.282.